The molecule has 0 saturated carbocycles. The summed E-state index contributed by atoms with van der Waals surface area (Å²) in [5, 5.41) is 10.1. The standard InChI is InChI=1S/C12H18N6S/c1-10-15-11(8-19-10)2-3-17-4-6-18(7-5-17)12-13-9-14-16-12/h8-9H,2-7H2,1H3,(H,13,14,16). The molecule has 0 amide bonds. The minimum atomic E-state index is 0.884. The molecular weight excluding hydrogens is 260 g/mol. The summed E-state index contributed by atoms with van der Waals surface area (Å²) in [4.78, 5) is 13.4. The monoisotopic (exact) mass is 278 g/mol. The Kier molecular flexibility index (Phi) is 3.74. The molecule has 0 atom stereocenters. The van der Waals surface area contributed by atoms with Crippen LogP contribution in [0.15, 0.2) is 11.7 Å². The van der Waals surface area contributed by atoms with Crippen molar-refractivity contribution in [3.63, 3.8) is 0 Å². The van der Waals surface area contributed by atoms with E-state index in [1.165, 1.54) is 5.69 Å². The molecule has 1 aliphatic rings. The maximum Gasteiger partial charge on any atom is 0.221 e. The molecule has 1 saturated heterocycles. The average molecular weight is 278 g/mol. The highest BCUT2D eigenvalue weighted by Crippen LogP contribution is 2.12. The number of nitrogens with zero attached hydrogens (tertiary/aromatic N) is 5. The third-order valence-electron chi connectivity index (χ3n) is 3.42. The van der Waals surface area contributed by atoms with E-state index in [1.54, 1.807) is 17.7 Å². The van der Waals surface area contributed by atoms with Crippen LogP contribution in [-0.2, 0) is 6.42 Å². The van der Waals surface area contributed by atoms with E-state index in [9.17, 15) is 0 Å². The van der Waals surface area contributed by atoms with E-state index in [-0.39, 0.29) is 0 Å². The van der Waals surface area contributed by atoms with Crippen LogP contribution < -0.4 is 4.90 Å². The Morgan fingerprint density at radius 3 is 2.79 bits per heavy atom. The normalized spacial score (nSPS) is 17.0. The van der Waals surface area contributed by atoms with Gasteiger partial charge in [0.15, 0.2) is 0 Å². The quantitative estimate of drug-likeness (QED) is 0.901. The lowest BCUT2D eigenvalue weighted by molar-refractivity contribution is 0.259. The van der Waals surface area contributed by atoms with E-state index in [4.69, 9.17) is 0 Å². The number of aryl methyl sites for hydroxylation is 1. The minimum absolute atomic E-state index is 0.884. The van der Waals surface area contributed by atoms with Crippen molar-refractivity contribution in [1.82, 2.24) is 25.1 Å². The second-order valence-electron chi connectivity index (χ2n) is 4.75. The molecule has 3 heterocycles. The molecular formula is C12H18N6S. The zero-order valence-corrected chi connectivity index (χ0v) is 11.9. The Bertz CT molecular complexity index is 500. The minimum Gasteiger partial charge on any atom is -0.339 e. The van der Waals surface area contributed by atoms with Gasteiger partial charge in [-0.2, -0.15) is 10.1 Å². The summed E-state index contributed by atoms with van der Waals surface area (Å²) in [6, 6.07) is 0. The van der Waals surface area contributed by atoms with Crippen molar-refractivity contribution < 1.29 is 0 Å². The smallest absolute Gasteiger partial charge is 0.221 e. The van der Waals surface area contributed by atoms with Gasteiger partial charge >= 0.3 is 0 Å². The molecule has 0 radical (unpaired) electrons. The number of anilines is 1. The molecule has 0 aliphatic carbocycles. The molecule has 0 unspecified atom stereocenters. The fourth-order valence-corrected chi connectivity index (χ4v) is 2.98. The van der Waals surface area contributed by atoms with E-state index in [2.05, 4.69) is 42.3 Å². The van der Waals surface area contributed by atoms with Crippen molar-refractivity contribution >= 4 is 17.3 Å². The molecule has 3 rings (SSSR count). The van der Waals surface area contributed by atoms with Crippen molar-refractivity contribution in [3.05, 3.63) is 22.4 Å². The molecule has 102 valence electrons. The second kappa shape index (κ2) is 5.66. The van der Waals surface area contributed by atoms with Crippen LogP contribution in [0.1, 0.15) is 10.7 Å². The van der Waals surface area contributed by atoms with Crippen LogP contribution in [0.25, 0.3) is 0 Å². The highest BCUT2D eigenvalue weighted by atomic mass is 32.1. The predicted molar refractivity (Wildman–Crippen MR) is 75.6 cm³/mol. The molecule has 2 aromatic heterocycles. The van der Waals surface area contributed by atoms with E-state index in [1.807, 2.05) is 0 Å². The van der Waals surface area contributed by atoms with Crippen molar-refractivity contribution in [2.75, 3.05) is 37.6 Å². The third-order valence-corrected chi connectivity index (χ3v) is 4.25. The van der Waals surface area contributed by atoms with Gasteiger partial charge in [-0.05, 0) is 6.92 Å². The maximum atomic E-state index is 4.51. The van der Waals surface area contributed by atoms with Crippen LogP contribution >= 0.6 is 11.3 Å². The zero-order chi connectivity index (χ0) is 13.1. The molecule has 1 N–H and O–H groups in total. The largest absolute Gasteiger partial charge is 0.339 e. The van der Waals surface area contributed by atoms with Crippen molar-refractivity contribution in [2.24, 2.45) is 0 Å². The molecule has 1 fully saturated rings. The third kappa shape index (κ3) is 3.10. The Hall–Kier alpha value is -1.47. The highest BCUT2D eigenvalue weighted by molar-refractivity contribution is 7.09. The van der Waals surface area contributed by atoms with E-state index in [0.717, 1.165) is 50.1 Å². The van der Waals surface area contributed by atoms with Gasteiger partial charge in [0, 0.05) is 44.5 Å². The Morgan fingerprint density at radius 1 is 1.32 bits per heavy atom. The lowest BCUT2D eigenvalue weighted by atomic mass is 10.2. The molecule has 2 aromatic rings. The lowest BCUT2D eigenvalue weighted by Crippen LogP contribution is -2.47. The van der Waals surface area contributed by atoms with Gasteiger partial charge < -0.3 is 4.90 Å². The second-order valence-corrected chi connectivity index (χ2v) is 5.81. The number of hydrogen-bond donors (Lipinski definition) is 1. The summed E-state index contributed by atoms with van der Waals surface area (Å²) in [6.45, 7) is 7.31. The van der Waals surface area contributed by atoms with Crippen molar-refractivity contribution in [1.29, 1.82) is 0 Å². The number of nitrogens with one attached hydrogen (secondary N) is 1. The molecule has 6 nitrogen and oxygen atoms in total. The SMILES string of the molecule is Cc1nc(CCN2CCN(c3ncn[nH]3)CC2)cs1. The maximum absolute atomic E-state index is 4.51. The first-order valence-electron chi connectivity index (χ1n) is 6.55. The van der Waals surface area contributed by atoms with Gasteiger partial charge in [-0.15, -0.1) is 11.3 Å². The van der Waals surface area contributed by atoms with Crippen LogP contribution in [0.2, 0.25) is 0 Å². The fraction of sp³-hybridized carbons (Fsp3) is 0.583. The summed E-state index contributed by atoms with van der Waals surface area (Å²) < 4.78 is 0. The predicted octanol–water partition coefficient (Wildman–Crippen LogP) is 0.934. The molecule has 7 heteroatoms. The van der Waals surface area contributed by atoms with Crippen LogP contribution in [0.5, 0.6) is 0 Å². The van der Waals surface area contributed by atoms with Gasteiger partial charge in [0.25, 0.3) is 0 Å². The number of aromatic nitrogens is 4. The Balaban J connectivity index is 1.45. The summed E-state index contributed by atoms with van der Waals surface area (Å²) in [7, 11) is 0. The van der Waals surface area contributed by atoms with Crippen LogP contribution in [-0.4, -0.2) is 57.8 Å². The summed E-state index contributed by atoms with van der Waals surface area (Å²) >= 11 is 1.73. The van der Waals surface area contributed by atoms with Gasteiger partial charge in [0.1, 0.15) is 6.33 Å². The molecule has 19 heavy (non-hydrogen) atoms. The molecule has 0 aromatic carbocycles. The van der Waals surface area contributed by atoms with Crippen LogP contribution in [0.4, 0.5) is 5.95 Å². The average Bonchev–Trinajstić information content (AvgIpc) is 3.08. The topological polar surface area (TPSA) is 60.9 Å². The number of piperazine rings is 1. The van der Waals surface area contributed by atoms with Gasteiger partial charge in [-0.1, -0.05) is 0 Å². The highest BCUT2D eigenvalue weighted by Gasteiger charge is 2.18. The van der Waals surface area contributed by atoms with Crippen molar-refractivity contribution in [3.8, 4) is 0 Å². The molecule has 0 spiro atoms. The number of thiazole rings is 1. The van der Waals surface area contributed by atoms with E-state index in [0.29, 0.717) is 0 Å². The number of hydrogen-bond acceptors (Lipinski definition) is 6. The van der Waals surface area contributed by atoms with Crippen molar-refractivity contribution in [2.45, 2.75) is 13.3 Å². The van der Waals surface area contributed by atoms with Gasteiger partial charge in [0.2, 0.25) is 5.95 Å². The van der Waals surface area contributed by atoms with Gasteiger partial charge in [-0.25, -0.2) is 10.1 Å². The number of H-pyrrole nitrogens is 1. The van der Waals surface area contributed by atoms with Gasteiger partial charge in [0.05, 0.1) is 10.7 Å². The summed E-state index contributed by atoms with van der Waals surface area (Å²) in [5.74, 6) is 0.884. The fourth-order valence-electron chi connectivity index (χ4n) is 2.33. The zero-order valence-electron chi connectivity index (χ0n) is 11.0. The molecule has 1 aliphatic heterocycles. The number of rotatable bonds is 4. The Morgan fingerprint density at radius 2 is 2.16 bits per heavy atom. The van der Waals surface area contributed by atoms with E-state index >= 15 is 0 Å². The first-order valence-corrected chi connectivity index (χ1v) is 7.43. The Labute approximate surface area is 116 Å². The van der Waals surface area contributed by atoms with Gasteiger partial charge in [-0.3, -0.25) is 4.90 Å². The van der Waals surface area contributed by atoms with E-state index < -0.39 is 0 Å². The summed E-state index contributed by atoms with van der Waals surface area (Å²) in [6.07, 6.45) is 2.61. The number of aromatic amines is 1. The summed E-state index contributed by atoms with van der Waals surface area (Å²) in [5.41, 5.74) is 1.22. The first kappa shape index (κ1) is 12.6. The van der Waals surface area contributed by atoms with Crippen LogP contribution in [0.3, 0.4) is 0 Å². The molecule has 0 bridgehead atoms. The first-order chi connectivity index (χ1) is 9.31. The van der Waals surface area contributed by atoms with Crippen LogP contribution in [0, 0.1) is 6.92 Å². The lowest BCUT2D eigenvalue weighted by Gasteiger charge is -2.34.